The molecule has 0 bridgehead atoms. The van der Waals surface area contributed by atoms with Gasteiger partial charge in [0.05, 0.1) is 31.3 Å². The van der Waals surface area contributed by atoms with Crippen LogP contribution >= 0.6 is 0 Å². The number of fused-ring (bicyclic) bond motifs is 6. The average Bonchev–Trinajstić information content (AvgIpc) is 2.77. The lowest BCUT2D eigenvalue weighted by Crippen LogP contribution is -2.43. The number of carbonyl (C=O) groups is 1. The lowest BCUT2D eigenvalue weighted by atomic mass is 9.81. The zero-order valence-corrected chi connectivity index (χ0v) is 17.1. The van der Waals surface area contributed by atoms with Crippen LogP contribution in [0, 0.1) is 0 Å². The fraction of sp³-hybridized carbons (Fsp3) is 0.292. The minimum atomic E-state index is -0.476. The Balaban J connectivity index is 1.58. The van der Waals surface area contributed by atoms with Crippen molar-refractivity contribution >= 4 is 11.9 Å². The van der Waals surface area contributed by atoms with Gasteiger partial charge in [0.1, 0.15) is 36.1 Å². The Morgan fingerprint density at radius 1 is 1.10 bits per heavy atom. The summed E-state index contributed by atoms with van der Waals surface area (Å²) in [5, 5.41) is 0. The Labute approximate surface area is 174 Å². The summed E-state index contributed by atoms with van der Waals surface area (Å²) in [5.74, 6) is 2.46. The molecule has 0 N–H and O–H groups in total. The van der Waals surface area contributed by atoms with Crippen molar-refractivity contribution in [3.63, 3.8) is 0 Å². The number of rotatable bonds is 3. The monoisotopic (exact) mass is 406 g/mol. The minimum Gasteiger partial charge on any atom is -0.493 e. The van der Waals surface area contributed by atoms with Crippen LogP contribution in [-0.4, -0.2) is 38.8 Å². The zero-order chi connectivity index (χ0) is 21.0. The van der Waals surface area contributed by atoms with Gasteiger partial charge >= 0.3 is 0 Å². The van der Waals surface area contributed by atoms with Gasteiger partial charge in [-0.2, -0.15) is 0 Å². The zero-order valence-electron chi connectivity index (χ0n) is 17.1. The topological polar surface area (TPSA) is 63.2 Å². The van der Waals surface area contributed by atoms with Gasteiger partial charge in [-0.1, -0.05) is 6.58 Å². The van der Waals surface area contributed by atoms with Crippen molar-refractivity contribution in [1.82, 2.24) is 0 Å². The minimum absolute atomic E-state index is 0.00348. The summed E-state index contributed by atoms with van der Waals surface area (Å²) in [7, 11) is 3.13. The summed E-state index contributed by atoms with van der Waals surface area (Å²) in [6, 6.07) is 7.16. The summed E-state index contributed by atoms with van der Waals surface area (Å²) in [6.07, 6.45) is 3.24. The van der Waals surface area contributed by atoms with Crippen LogP contribution in [-0.2, 0) is 0 Å². The molecule has 0 unspecified atom stereocenters. The van der Waals surface area contributed by atoms with E-state index >= 15 is 0 Å². The Hall–Kier alpha value is -3.41. The number of hydrogen-bond donors (Lipinski definition) is 0. The summed E-state index contributed by atoms with van der Waals surface area (Å²) >= 11 is 0. The SMILES string of the molecule is C=C(C)[C@H]1C=Cc2c(ccc3c2O[C@@H]2COc4cc(OC)c(OC)cc4[C@@H]2C3=O)O1. The number of methoxy groups -OCH3 is 2. The molecule has 6 heteroatoms. The number of carbonyl (C=O) groups excluding carboxylic acids is 1. The first-order chi connectivity index (χ1) is 14.5. The largest absolute Gasteiger partial charge is 0.493 e. The van der Waals surface area contributed by atoms with Crippen molar-refractivity contribution in [2.24, 2.45) is 0 Å². The molecule has 0 aromatic heterocycles. The van der Waals surface area contributed by atoms with Gasteiger partial charge in [0.15, 0.2) is 17.3 Å². The molecule has 6 nitrogen and oxygen atoms in total. The van der Waals surface area contributed by atoms with Gasteiger partial charge in [-0.25, -0.2) is 0 Å². The van der Waals surface area contributed by atoms with E-state index in [2.05, 4.69) is 6.58 Å². The third kappa shape index (κ3) is 2.67. The number of Topliss-reactive ketones (excluding diaryl/α,β-unsaturated/α-hetero) is 1. The first kappa shape index (κ1) is 18.6. The third-order valence-electron chi connectivity index (χ3n) is 5.78. The van der Waals surface area contributed by atoms with Crippen molar-refractivity contribution in [1.29, 1.82) is 0 Å². The molecule has 30 heavy (non-hydrogen) atoms. The predicted molar refractivity (Wildman–Crippen MR) is 111 cm³/mol. The quantitative estimate of drug-likeness (QED) is 0.713. The van der Waals surface area contributed by atoms with Crippen molar-refractivity contribution in [2.45, 2.75) is 25.0 Å². The maximum absolute atomic E-state index is 13.5. The van der Waals surface area contributed by atoms with E-state index in [1.807, 2.05) is 25.1 Å². The summed E-state index contributed by atoms with van der Waals surface area (Å²) in [5.41, 5.74) is 2.97. The molecule has 0 radical (unpaired) electrons. The van der Waals surface area contributed by atoms with E-state index in [9.17, 15) is 4.79 Å². The molecule has 2 aromatic rings. The first-order valence-corrected chi connectivity index (χ1v) is 9.78. The van der Waals surface area contributed by atoms with Gasteiger partial charge in [-0.15, -0.1) is 0 Å². The molecular weight excluding hydrogens is 384 g/mol. The highest BCUT2D eigenvalue weighted by Gasteiger charge is 2.44. The van der Waals surface area contributed by atoms with Crippen LogP contribution < -0.4 is 23.7 Å². The summed E-state index contributed by atoms with van der Waals surface area (Å²) < 4.78 is 29.0. The second kappa shape index (κ2) is 6.83. The molecule has 0 spiro atoms. The number of ether oxygens (including phenoxy) is 5. The molecule has 0 saturated heterocycles. The van der Waals surface area contributed by atoms with E-state index < -0.39 is 12.0 Å². The van der Waals surface area contributed by atoms with E-state index in [-0.39, 0.29) is 18.5 Å². The molecule has 2 aromatic carbocycles. The fourth-order valence-electron chi connectivity index (χ4n) is 4.23. The third-order valence-corrected chi connectivity index (χ3v) is 5.78. The van der Waals surface area contributed by atoms with Crippen LogP contribution in [0.15, 0.2) is 42.5 Å². The van der Waals surface area contributed by atoms with Gasteiger partial charge < -0.3 is 23.7 Å². The molecule has 154 valence electrons. The molecule has 3 aliphatic heterocycles. The van der Waals surface area contributed by atoms with E-state index in [1.54, 1.807) is 32.4 Å². The van der Waals surface area contributed by atoms with Crippen molar-refractivity contribution in [3.05, 3.63) is 59.2 Å². The average molecular weight is 406 g/mol. The van der Waals surface area contributed by atoms with Crippen LogP contribution in [0.25, 0.3) is 6.08 Å². The lowest BCUT2D eigenvalue weighted by Gasteiger charge is -2.38. The molecule has 5 rings (SSSR count). The van der Waals surface area contributed by atoms with Crippen LogP contribution in [0.1, 0.15) is 34.3 Å². The highest BCUT2D eigenvalue weighted by atomic mass is 16.5. The maximum Gasteiger partial charge on any atom is 0.178 e. The molecule has 3 atom stereocenters. The second-order valence-corrected chi connectivity index (χ2v) is 7.65. The normalized spacial score (nSPS) is 22.9. The Kier molecular flexibility index (Phi) is 4.24. The van der Waals surface area contributed by atoms with Gasteiger partial charge in [-0.05, 0) is 42.8 Å². The maximum atomic E-state index is 13.5. The van der Waals surface area contributed by atoms with Gasteiger partial charge in [0.25, 0.3) is 0 Å². The van der Waals surface area contributed by atoms with E-state index in [0.29, 0.717) is 34.3 Å². The number of benzene rings is 2. The Morgan fingerprint density at radius 2 is 1.87 bits per heavy atom. The number of hydrogen-bond acceptors (Lipinski definition) is 6. The predicted octanol–water partition coefficient (Wildman–Crippen LogP) is 4.17. The highest BCUT2D eigenvalue weighted by Crippen LogP contribution is 2.49. The Bertz CT molecular complexity index is 1100. The van der Waals surface area contributed by atoms with Crippen LogP contribution in [0.4, 0.5) is 0 Å². The van der Waals surface area contributed by atoms with Crippen LogP contribution in [0.2, 0.25) is 0 Å². The fourth-order valence-corrected chi connectivity index (χ4v) is 4.23. The smallest absolute Gasteiger partial charge is 0.178 e. The van der Waals surface area contributed by atoms with Crippen LogP contribution in [0.3, 0.4) is 0 Å². The second-order valence-electron chi connectivity index (χ2n) is 7.65. The molecule has 0 amide bonds. The van der Waals surface area contributed by atoms with Crippen LogP contribution in [0.5, 0.6) is 28.7 Å². The lowest BCUT2D eigenvalue weighted by molar-refractivity contribution is 0.0555. The summed E-state index contributed by atoms with van der Waals surface area (Å²) in [4.78, 5) is 13.5. The molecule has 3 aliphatic rings. The molecule has 3 heterocycles. The van der Waals surface area contributed by atoms with Crippen molar-refractivity contribution < 1.29 is 28.5 Å². The van der Waals surface area contributed by atoms with E-state index in [4.69, 9.17) is 23.7 Å². The molecule has 0 aliphatic carbocycles. The standard InChI is InChI=1S/C24H22O6/c1-12(2)16-7-5-13-17(29-16)8-6-14-23(25)22-15-9-19(26-3)20(27-4)10-18(15)28-11-21(22)30-24(13)14/h5-10,16,21-22H,1,11H2,2-4H3/t16-,21-,22+/m1/s1. The highest BCUT2D eigenvalue weighted by molar-refractivity contribution is 6.06. The Morgan fingerprint density at radius 3 is 2.60 bits per heavy atom. The van der Waals surface area contributed by atoms with Gasteiger partial charge in [0.2, 0.25) is 0 Å². The van der Waals surface area contributed by atoms with E-state index in [0.717, 1.165) is 16.7 Å². The molecular formula is C24H22O6. The first-order valence-electron chi connectivity index (χ1n) is 9.78. The summed E-state index contributed by atoms with van der Waals surface area (Å²) in [6.45, 7) is 6.14. The van der Waals surface area contributed by atoms with Gasteiger partial charge in [0, 0.05) is 11.6 Å². The molecule has 0 fully saturated rings. The van der Waals surface area contributed by atoms with E-state index in [1.165, 1.54) is 0 Å². The number of ketones is 1. The van der Waals surface area contributed by atoms with Crippen molar-refractivity contribution in [2.75, 3.05) is 20.8 Å². The van der Waals surface area contributed by atoms with Crippen molar-refractivity contribution in [3.8, 4) is 28.7 Å². The van der Waals surface area contributed by atoms with Gasteiger partial charge in [-0.3, -0.25) is 4.79 Å². The molecule has 0 saturated carbocycles.